The molecule has 1 aromatic rings. The molecule has 128 valence electrons. The summed E-state index contributed by atoms with van der Waals surface area (Å²) in [5.74, 6) is -0.206. The second-order valence-corrected chi connectivity index (χ2v) is 5.41. The van der Waals surface area contributed by atoms with Crippen LogP contribution in [0.3, 0.4) is 0 Å². The number of ether oxygens (including phenoxy) is 2. The average Bonchev–Trinajstić information content (AvgIpc) is 2.61. The monoisotopic (exact) mass is 329 g/mol. The molecule has 1 aliphatic rings. The lowest BCUT2D eigenvalue weighted by Gasteiger charge is -2.29. The number of hydrogen-bond donors (Lipinski definition) is 0. The predicted octanol–water partition coefficient (Wildman–Crippen LogP) is 3.99. The normalized spacial score (nSPS) is 15.7. The van der Waals surface area contributed by atoms with Gasteiger partial charge in [0, 0.05) is 13.1 Å². The zero-order chi connectivity index (χ0) is 17.2. The minimum absolute atomic E-state index is 0.206. The quantitative estimate of drug-likeness (QED) is 0.532. The van der Waals surface area contributed by atoms with Crippen LogP contribution in [0.15, 0.2) is 61.2 Å². The number of halogens is 1. The number of rotatable bonds is 8. The van der Waals surface area contributed by atoms with E-state index in [1.807, 2.05) is 35.3 Å². The molecule has 24 heavy (non-hydrogen) atoms. The fourth-order valence-corrected chi connectivity index (χ4v) is 2.44. The van der Waals surface area contributed by atoms with Crippen LogP contribution in [-0.4, -0.2) is 39.5 Å². The van der Waals surface area contributed by atoms with Crippen LogP contribution in [0.2, 0.25) is 0 Å². The van der Waals surface area contributed by atoms with Gasteiger partial charge in [-0.1, -0.05) is 49.6 Å². The van der Waals surface area contributed by atoms with Crippen LogP contribution in [0, 0.1) is 5.82 Å². The lowest BCUT2D eigenvalue weighted by Crippen LogP contribution is -2.36. The van der Waals surface area contributed by atoms with Crippen LogP contribution in [0.5, 0.6) is 0 Å². The summed E-state index contributed by atoms with van der Waals surface area (Å²) in [6, 6.07) is 5.29. The molecule has 1 fully saturated rings. The van der Waals surface area contributed by atoms with E-state index in [2.05, 4.69) is 13.2 Å². The van der Waals surface area contributed by atoms with Crippen molar-refractivity contribution in [3.8, 4) is 0 Å². The minimum Gasteiger partial charge on any atom is -0.378 e. The first-order chi connectivity index (χ1) is 11.7. The number of nitrogens with zero attached hydrogens (tertiary/aromatic N) is 1. The lowest BCUT2D eigenvalue weighted by molar-refractivity contribution is 0.122. The number of anilines is 1. The third-order valence-electron chi connectivity index (χ3n) is 3.71. The predicted molar refractivity (Wildman–Crippen MR) is 97.8 cm³/mol. The van der Waals surface area contributed by atoms with Crippen molar-refractivity contribution >= 4 is 11.8 Å². The SMILES string of the molecule is C=C/C=C(\C=C)COC/C=C/c1ccc(N2CCOCC2)c(F)c1. The van der Waals surface area contributed by atoms with E-state index in [1.165, 1.54) is 0 Å². The Morgan fingerprint density at radius 3 is 2.75 bits per heavy atom. The number of benzene rings is 1. The summed E-state index contributed by atoms with van der Waals surface area (Å²) in [6.07, 6.45) is 9.03. The maximum absolute atomic E-state index is 14.3. The van der Waals surface area contributed by atoms with Gasteiger partial charge >= 0.3 is 0 Å². The highest BCUT2D eigenvalue weighted by Gasteiger charge is 2.14. The summed E-state index contributed by atoms with van der Waals surface area (Å²) in [5.41, 5.74) is 2.43. The Labute approximate surface area is 143 Å². The van der Waals surface area contributed by atoms with E-state index in [-0.39, 0.29) is 5.82 Å². The molecule has 0 N–H and O–H groups in total. The Hall–Kier alpha value is -2.17. The zero-order valence-electron chi connectivity index (χ0n) is 13.9. The van der Waals surface area contributed by atoms with Gasteiger partial charge in [0.25, 0.3) is 0 Å². The van der Waals surface area contributed by atoms with Crippen molar-refractivity contribution in [2.24, 2.45) is 0 Å². The smallest absolute Gasteiger partial charge is 0.147 e. The van der Waals surface area contributed by atoms with Crippen molar-refractivity contribution in [1.29, 1.82) is 0 Å². The summed E-state index contributed by atoms with van der Waals surface area (Å²) >= 11 is 0. The maximum atomic E-state index is 14.3. The molecule has 1 aliphatic heterocycles. The van der Waals surface area contributed by atoms with E-state index in [4.69, 9.17) is 9.47 Å². The van der Waals surface area contributed by atoms with Crippen LogP contribution in [-0.2, 0) is 9.47 Å². The molecule has 0 aliphatic carbocycles. The third-order valence-corrected chi connectivity index (χ3v) is 3.71. The zero-order valence-corrected chi connectivity index (χ0v) is 13.9. The lowest BCUT2D eigenvalue weighted by atomic mass is 10.1. The van der Waals surface area contributed by atoms with Gasteiger partial charge in [0.1, 0.15) is 5.82 Å². The first-order valence-electron chi connectivity index (χ1n) is 8.05. The van der Waals surface area contributed by atoms with Crippen molar-refractivity contribution in [2.75, 3.05) is 44.4 Å². The summed E-state index contributed by atoms with van der Waals surface area (Å²) in [6.45, 7) is 11.0. The summed E-state index contributed by atoms with van der Waals surface area (Å²) in [5, 5.41) is 0. The molecule has 3 nitrogen and oxygen atoms in total. The molecular formula is C20H24FNO2. The Bertz CT molecular complexity index is 616. The van der Waals surface area contributed by atoms with Gasteiger partial charge in [0.2, 0.25) is 0 Å². The van der Waals surface area contributed by atoms with Gasteiger partial charge in [0.05, 0.1) is 32.1 Å². The Balaban J connectivity index is 1.86. The topological polar surface area (TPSA) is 21.7 Å². The van der Waals surface area contributed by atoms with Crippen LogP contribution in [0.25, 0.3) is 6.08 Å². The molecule has 2 rings (SSSR count). The molecule has 0 radical (unpaired) electrons. The van der Waals surface area contributed by atoms with Gasteiger partial charge in [-0.05, 0) is 23.3 Å². The van der Waals surface area contributed by atoms with E-state index in [0.717, 1.165) is 24.2 Å². The van der Waals surface area contributed by atoms with Gasteiger partial charge < -0.3 is 14.4 Å². The third kappa shape index (κ3) is 5.48. The van der Waals surface area contributed by atoms with Gasteiger partial charge in [-0.25, -0.2) is 4.39 Å². The largest absolute Gasteiger partial charge is 0.378 e. The van der Waals surface area contributed by atoms with Crippen LogP contribution >= 0.6 is 0 Å². The van der Waals surface area contributed by atoms with Gasteiger partial charge in [0.15, 0.2) is 0 Å². The van der Waals surface area contributed by atoms with E-state index in [9.17, 15) is 4.39 Å². The van der Waals surface area contributed by atoms with E-state index in [0.29, 0.717) is 32.1 Å². The van der Waals surface area contributed by atoms with Crippen molar-refractivity contribution in [1.82, 2.24) is 0 Å². The molecule has 0 unspecified atom stereocenters. The number of allylic oxidation sites excluding steroid dienone is 2. The first kappa shape index (κ1) is 18.2. The minimum atomic E-state index is -0.206. The number of hydrogen-bond acceptors (Lipinski definition) is 3. The highest BCUT2D eigenvalue weighted by molar-refractivity contribution is 5.57. The fraction of sp³-hybridized carbons (Fsp3) is 0.300. The fourth-order valence-electron chi connectivity index (χ4n) is 2.44. The van der Waals surface area contributed by atoms with Crippen molar-refractivity contribution in [3.05, 3.63) is 72.6 Å². The maximum Gasteiger partial charge on any atom is 0.147 e. The van der Waals surface area contributed by atoms with Gasteiger partial charge in [-0.2, -0.15) is 0 Å². The molecule has 0 bridgehead atoms. The number of morpholine rings is 1. The van der Waals surface area contributed by atoms with E-state index < -0.39 is 0 Å². The molecule has 1 heterocycles. The van der Waals surface area contributed by atoms with Crippen LogP contribution < -0.4 is 4.90 Å². The van der Waals surface area contributed by atoms with Crippen LogP contribution in [0.1, 0.15) is 5.56 Å². The van der Waals surface area contributed by atoms with Gasteiger partial charge in [-0.3, -0.25) is 0 Å². The van der Waals surface area contributed by atoms with Crippen LogP contribution in [0.4, 0.5) is 10.1 Å². The first-order valence-corrected chi connectivity index (χ1v) is 8.05. The Morgan fingerprint density at radius 1 is 1.29 bits per heavy atom. The van der Waals surface area contributed by atoms with E-state index >= 15 is 0 Å². The molecule has 0 saturated carbocycles. The highest BCUT2D eigenvalue weighted by atomic mass is 19.1. The Kier molecular flexibility index (Phi) is 7.46. The molecule has 0 aromatic heterocycles. The molecule has 0 atom stereocenters. The summed E-state index contributed by atoms with van der Waals surface area (Å²) < 4.78 is 25.1. The van der Waals surface area contributed by atoms with Crippen molar-refractivity contribution < 1.29 is 13.9 Å². The summed E-state index contributed by atoms with van der Waals surface area (Å²) in [7, 11) is 0. The van der Waals surface area contributed by atoms with Gasteiger partial charge in [-0.15, -0.1) is 0 Å². The second-order valence-electron chi connectivity index (χ2n) is 5.41. The van der Waals surface area contributed by atoms with Crippen molar-refractivity contribution in [2.45, 2.75) is 0 Å². The molecule has 0 amide bonds. The molecule has 1 saturated heterocycles. The standard InChI is InChI=1S/C20H24FNO2/c1-3-6-17(4-2)16-24-12-5-7-18-8-9-20(19(21)15-18)22-10-13-23-14-11-22/h3-9,15H,1-2,10-14,16H2/b7-5+,17-6+. The molecule has 1 aromatic carbocycles. The Morgan fingerprint density at radius 2 is 2.08 bits per heavy atom. The van der Waals surface area contributed by atoms with Crippen molar-refractivity contribution in [3.63, 3.8) is 0 Å². The highest BCUT2D eigenvalue weighted by Crippen LogP contribution is 2.22. The summed E-state index contributed by atoms with van der Waals surface area (Å²) in [4.78, 5) is 2.01. The molecule has 4 heteroatoms. The molecule has 0 spiro atoms. The van der Waals surface area contributed by atoms with E-state index in [1.54, 1.807) is 18.2 Å². The second kappa shape index (κ2) is 9.85. The molecular weight excluding hydrogens is 305 g/mol. The average molecular weight is 329 g/mol.